The molecule has 1 aromatic carbocycles. The van der Waals surface area contributed by atoms with Gasteiger partial charge in [0, 0.05) is 6.54 Å². The van der Waals surface area contributed by atoms with Crippen molar-refractivity contribution in [1.29, 1.82) is 0 Å². The maximum Gasteiger partial charge on any atom is 0.410 e. The summed E-state index contributed by atoms with van der Waals surface area (Å²) >= 11 is 0. The second-order valence-corrected chi connectivity index (χ2v) is 6.56. The molecule has 1 heterocycles. The average molecular weight is 420 g/mol. The van der Waals surface area contributed by atoms with Crippen molar-refractivity contribution in [3.05, 3.63) is 35.9 Å². The average Bonchev–Trinajstić information content (AvgIpc) is 3.23. The molecule has 1 saturated heterocycles. The van der Waals surface area contributed by atoms with Crippen LogP contribution < -0.4 is 16.0 Å². The maximum absolute atomic E-state index is 12.4. The normalized spacial score (nSPS) is 15.2. The number of carbonyl (C=O) groups is 5. The molecular weight excluding hydrogens is 396 g/mol. The van der Waals surface area contributed by atoms with E-state index in [9.17, 15) is 24.0 Å². The van der Waals surface area contributed by atoms with E-state index >= 15 is 0 Å². The van der Waals surface area contributed by atoms with Gasteiger partial charge in [0.2, 0.25) is 17.7 Å². The maximum atomic E-state index is 12.4. The number of hydrogen-bond donors (Lipinski definition) is 4. The summed E-state index contributed by atoms with van der Waals surface area (Å²) in [6, 6.07) is 8.42. The second kappa shape index (κ2) is 11.4. The molecule has 4 N–H and O–H groups in total. The van der Waals surface area contributed by atoms with Gasteiger partial charge >= 0.3 is 12.1 Å². The van der Waals surface area contributed by atoms with Gasteiger partial charge in [-0.2, -0.15) is 0 Å². The zero-order chi connectivity index (χ0) is 21.9. The number of amides is 4. The monoisotopic (exact) mass is 420 g/mol. The van der Waals surface area contributed by atoms with Crippen molar-refractivity contribution in [3.63, 3.8) is 0 Å². The number of likely N-dealkylation sites (tertiary alicyclic amines) is 1. The summed E-state index contributed by atoms with van der Waals surface area (Å²) in [5.74, 6) is -2.98. The van der Waals surface area contributed by atoms with E-state index in [2.05, 4.69) is 16.0 Å². The van der Waals surface area contributed by atoms with Crippen LogP contribution in [0.1, 0.15) is 18.4 Å². The molecule has 11 nitrogen and oxygen atoms in total. The number of aliphatic carboxylic acids is 1. The summed E-state index contributed by atoms with van der Waals surface area (Å²) in [5.41, 5.74) is 0.829. The Morgan fingerprint density at radius 2 is 1.60 bits per heavy atom. The molecule has 0 aromatic heterocycles. The Morgan fingerprint density at radius 1 is 0.967 bits per heavy atom. The number of carbonyl (C=O) groups excluding carboxylic acids is 4. The highest BCUT2D eigenvalue weighted by Gasteiger charge is 2.35. The lowest BCUT2D eigenvalue weighted by atomic mass is 10.2. The first-order chi connectivity index (χ1) is 14.4. The SMILES string of the molecule is O=C(O)CNC(=O)CNC(=O)CNC(=O)[C@@H]1CCCN1C(=O)OCc1ccccc1. The molecule has 0 spiro atoms. The van der Waals surface area contributed by atoms with Crippen molar-refractivity contribution in [1.82, 2.24) is 20.9 Å². The van der Waals surface area contributed by atoms with Gasteiger partial charge in [-0.05, 0) is 18.4 Å². The Bertz CT molecular complexity index is 784. The Labute approximate surface area is 172 Å². The Hall–Kier alpha value is -3.63. The lowest BCUT2D eigenvalue weighted by Gasteiger charge is -2.23. The summed E-state index contributed by atoms with van der Waals surface area (Å²) < 4.78 is 5.26. The zero-order valence-corrected chi connectivity index (χ0v) is 16.3. The fourth-order valence-corrected chi connectivity index (χ4v) is 2.82. The lowest BCUT2D eigenvalue weighted by molar-refractivity contribution is -0.137. The van der Waals surface area contributed by atoms with Crippen LogP contribution in [0, 0.1) is 0 Å². The Kier molecular flexibility index (Phi) is 8.60. The van der Waals surface area contributed by atoms with Crippen LogP contribution in [0.3, 0.4) is 0 Å². The van der Waals surface area contributed by atoms with Gasteiger partial charge in [0.25, 0.3) is 0 Å². The van der Waals surface area contributed by atoms with Gasteiger partial charge in [-0.1, -0.05) is 30.3 Å². The number of ether oxygens (including phenoxy) is 1. The first-order valence-corrected chi connectivity index (χ1v) is 9.37. The summed E-state index contributed by atoms with van der Waals surface area (Å²) in [7, 11) is 0. The standard InChI is InChI=1S/C19H24N4O7/c24-15(21-11-17(26)27)9-20-16(25)10-22-18(28)14-7-4-8-23(14)19(29)30-12-13-5-2-1-3-6-13/h1-3,5-6,14H,4,7-12H2,(H,20,25)(H,21,24)(H,22,28)(H,26,27)/t14-/m0/s1. The summed E-state index contributed by atoms with van der Waals surface area (Å²) in [5, 5.41) is 15.2. The molecule has 0 saturated carbocycles. The highest BCUT2D eigenvalue weighted by Crippen LogP contribution is 2.19. The number of hydrogen-bond acceptors (Lipinski definition) is 6. The number of nitrogens with zero attached hydrogens (tertiary/aromatic N) is 1. The summed E-state index contributed by atoms with van der Waals surface area (Å²) in [6.45, 7) is -0.875. The van der Waals surface area contributed by atoms with Crippen LogP contribution in [0.2, 0.25) is 0 Å². The smallest absolute Gasteiger partial charge is 0.410 e. The molecule has 11 heteroatoms. The van der Waals surface area contributed by atoms with Crippen LogP contribution in [-0.4, -0.2) is 72.0 Å². The van der Waals surface area contributed by atoms with E-state index < -0.39 is 48.9 Å². The quantitative estimate of drug-likeness (QED) is 0.409. The van der Waals surface area contributed by atoms with Gasteiger partial charge in [-0.25, -0.2) is 4.79 Å². The van der Waals surface area contributed by atoms with Crippen molar-refractivity contribution in [3.8, 4) is 0 Å². The van der Waals surface area contributed by atoms with E-state index in [1.807, 2.05) is 30.3 Å². The van der Waals surface area contributed by atoms with Crippen LogP contribution in [0.4, 0.5) is 4.79 Å². The van der Waals surface area contributed by atoms with Crippen molar-refractivity contribution in [2.45, 2.75) is 25.5 Å². The number of benzene rings is 1. The predicted molar refractivity (Wildman–Crippen MR) is 103 cm³/mol. The largest absolute Gasteiger partial charge is 0.480 e. The molecule has 1 aliphatic rings. The first-order valence-electron chi connectivity index (χ1n) is 9.37. The fraction of sp³-hybridized carbons (Fsp3) is 0.421. The Morgan fingerprint density at radius 3 is 2.27 bits per heavy atom. The molecule has 0 aliphatic carbocycles. The van der Waals surface area contributed by atoms with Crippen molar-refractivity contribution in [2.75, 3.05) is 26.2 Å². The molecule has 1 fully saturated rings. The van der Waals surface area contributed by atoms with Crippen LogP contribution in [0.15, 0.2) is 30.3 Å². The van der Waals surface area contributed by atoms with Gasteiger partial charge < -0.3 is 25.8 Å². The summed E-state index contributed by atoms with van der Waals surface area (Å²) in [6.07, 6.45) is 0.482. The molecule has 162 valence electrons. The van der Waals surface area contributed by atoms with E-state index in [1.54, 1.807) is 0 Å². The van der Waals surface area contributed by atoms with Gasteiger partial charge in [-0.15, -0.1) is 0 Å². The zero-order valence-electron chi connectivity index (χ0n) is 16.3. The molecule has 4 amide bonds. The minimum Gasteiger partial charge on any atom is -0.480 e. The third-order valence-electron chi connectivity index (χ3n) is 4.30. The van der Waals surface area contributed by atoms with Gasteiger partial charge in [0.05, 0.1) is 13.1 Å². The summed E-state index contributed by atoms with van der Waals surface area (Å²) in [4.78, 5) is 59.5. The number of rotatable bonds is 9. The Balaban J connectivity index is 1.73. The third-order valence-corrected chi connectivity index (χ3v) is 4.30. The van der Waals surface area contributed by atoms with Gasteiger partial charge in [-0.3, -0.25) is 24.1 Å². The van der Waals surface area contributed by atoms with E-state index in [-0.39, 0.29) is 13.2 Å². The van der Waals surface area contributed by atoms with E-state index in [4.69, 9.17) is 9.84 Å². The fourth-order valence-electron chi connectivity index (χ4n) is 2.82. The highest BCUT2D eigenvalue weighted by atomic mass is 16.6. The van der Waals surface area contributed by atoms with Crippen LogP contribution in [0.25, 0.3) is 0 Å². The van der Waals surface area contributed by atoms with E-state index in [0.717, 1.165) is 5.56 Å². The van der Waals surface area contributed by atoms with Crippen LogP contribution in [-0.2, 0) is 30.5 Å². The molecule has 1 aromatic rings. The van der Waals surface area contributed by atoms with E-state index in [1.165, 1.54) is 4.90 Å². The minimum atomic E-state index is -1.20. The minimum absolute atomic E-state index is 0.0941. The highest BCUT2D eigenvalue weighted by molar-refractivity contribution is 5.91. The van der Waals surface area contributed by atoms with Crippen LogP contribution in [0.5, 0.6) is 0 Å². The molecule has 0 unspecified atom stereocenters. The number of nitrogens with one attached hydrogen (secondary N) is 3. The molecule has 2 rings (SSSR count). The molecule has 0 bridgehead atoms. The lowest BCUT2D eigenvalue weighted by Crippen LogP contribution is -2.49. The number of carboxylic acid groups (broad SMARTS) is 1. The molecule has 30 heavy (non-hydrogen) atoms. The van der Waals surface area contributed by atoms with Crippen molar-refractivity contribution >= 4 is 29.8 Å². The van der Waals surface area contributed by atoms with Crippen LogP contribution >= 0.6 is 0 Å². The second-order valence-electron chi connectivity index (χ2n) is 6.56. The molecular formula is C19H24N4O7. The van der Waals surface area contributed by atoms with Gasteiger partial charge in [0.1, 0.15) is 19.2 Å². The van der Waals surface area contributed by atoms with E-state index in [0.29, 0.717) is 19.4 Å². The number of carboxylic acids is 1. The molecule has 1 aliphatic heterocycles. The van der Waals surface area contributed by atoms with Crippen molar-refractivity contribution in [2.24, 2.45) is 0 Å². The predicted octanol–water partition coefficient (Wildman–Crippen LogP) is -0.779. The first kappa shape index (κ1) is 22.7. The third kappa shape index (κ3) is 7.41. The topological polar surface area (TPSA) is 154 Å². The van der Waals surface area contributed by atoms with Crippen molar-refractivity contribution < 1.29 is 33.8 Å². The molecule has 0 radical (unpaired) electrons. The van der Waals surface area contributed by atoms with Gasteiger partial charge in [0.15, 0.2) is 0 Å². The molecule has 1 atom stereocenters.